The van der Waals surface area contributed by atoms with Crippen LogP contribution >= 0.6 is 0 Å². The van der Waals surface area contributed by atoms with E-state index < -0.39 is 0 Å². The number of para-hydroxylation sites is 5. The number of rotatable bonds is 16. The summed E-state index contributed by atoms with van der Waals surface area (Å²) in [5.74, 6) is 0. The highest BCUT2D eigenvalue weighted by Crippen LogP contribution is 2.47. The first kappa shape index (κ1) is 51.7. The molecule has 0 radical (unpaired) electrons. The van der Waals surface area contributed by atoms with Crippen molar-refractivity contribution in [2.24, 2.45) is 0 Å². The highest BCUT2D eigenvalue weighted by molar-refractivity contribution is 6.11. The van der Waals surface area contributed by atoms with Gasteiger partial charge in [0.05, 0.1) is 45.0 Å². The fourth-order valence-corrected chi connectivity index (χ4v) is 11.9. The molecule has 0 aliphatic heterocycles. The normalized spacial score (nSPS) is 11.5. The number of aromatic nitrogens is 3. The number of hydrogen-bond donors (Lipinski definition) is 0. The monoisotopic (exact) mass is 1070 g/mol. The van der Waals surface area contributed by atoms with Crippen LogP contribution < -0.4 is 14.7 Å². The third kappa shape index (κ3) is 9.64. The minimum Gasteiger partial charge on any atom is -0.337 e. The van der Waals surface area contributed by atoms with Crippen LogP contribution in [0, 0.1) is 19.1 Å². The lowest BCUT2D eigenvalue weighted by Gasteiger charge is -2.29. The molecule has 0 aliphatic rings. The van der Waals surface area contributed by atoms with Crippen LogP contribution in [0.15, 0.2) is 274 Å². The molecule has 0 aliphatic carbocycles. The molecule has 0 N–H and O–H groups in total. The average Bonchev–Trinajstić information content (AvgIpc) is 3.44. The SMILES string of the molecule is C=CCc1ccccc1N(C/C=C\C)c1ccc(N(c2cc#ccc2)c2ccc(-c3nc4ccccc4nc3-c3ccc(N(c4ccccc4)c4ccc(-n5c(C)c(/C=C\C)c6ccccc65)cc4)c4ccccc34)c3ccccc23)cc1. The summed E-state index contributed by atoms with van der Waals surface area (Å²) in [6.07, 6.45) is 11.4. The molecule has 0 spiro atoms. The van der Waals surface area contributed by atoms with Crippen LogP contribution in [-0.2, 0) is 6.42 Å². The molecule has 0 saturated carbocycles. The Morgan fingerprint density at radius 3 is 1.60 bits per heavy atom. The van der Waals surface area contributed by atoms with Gasteiger partial charge in [-0.25, -0.2) is 9.97 Å². The Morgan fingerprint density at radius 2 is 1.00 bits per heavy atom. The Bertz CT molecular complexity index is 4560. The first-order valence-electron chi connectivity index (χ1n) is 28.4. The maximum absolute atomic E-state index is 5.57. The molecule has 6 heteroatoms. The zero-order chi connectivity index (χ0) is 56.2. The largest absolute Gasteiger partial charge is 0.337 e. The van der Waals surface area contributed by atoms with E-state index in [0.29, 0.717) is 0 Å². The second-order valence-electron chi connectivity index (χ2n) is 20.6. The molecule has 2 aromatic heterocycles. The molecule has 0 amide bonds. The fraction of sp³-hybridized carbons (Fsp3) is 0.0649. The molecule has 0 saturated heterocycles. The summed E-state index contributed by atoms with van der Waals surface area (Å²) >= 11 is 0. The summed E-state index contributed by atoms with van der Waals surface area (Å²) in [4.78, 5) is 18.2. The minimum absolute atomic E-state index is 0.732. The zero-order valence-electron chi connectivity index (χ0n) is 46.8. The van der Waals surface area contributed by atoms with Crippen molar-refractivity contribution < 1.29 is 0 Å². The van der Waals surface area contributed by atoms with Crippen molar-refractivity contribution in [1.29, 1.82) is 0 Å². The average molecular weight is 1070 g/mol. The van der Waals surface area contributed by atoms with Gasteiger partial charge in [0.1, 0.15) is 0 Å². The number of allylic oxidation sites excluding steroid dienone is 3. The number of anilines is 8. The van der Waals surface area contributed by atoms with Crippen LogP contribution in [0.3, 0.4) is 0 Å². The van der Waals surface area contributed by atoms with E-state index in [2.05, 4.69) is 301 Å². The van der Waals surface area contributed by atoms with Crippen molar-refractivity contribution in [2.45, 2.75) is 27.2 Å². The van der Waals surface area contributed by atoms with E-state index in [1.165, 1.54) is 27.7 Å². The number of hydrogen-bond acceptors (Lipinski definition) is 5. The van der Waals surface area contributed by atoms with E-state index in [-0.39, 0.29) is 0 Å². The summed E-state index contributed by atoms with van der Waals surface area (Å²) in [5.41, 5.74) is 19.6. The lowest BCUT2D eigenvalue weighted by atomic mass is 9.93. The third-order valence-corrected chi connectivity index (χ3v) is 15.7. The highest BCUT2D eigenvalue weighted by Gasteiger charge is 2.25. The Hall–Kier alpha value is -10.7. The summed E-state index contributed by atoms with van der Waals surface area (Å²) < 4.78 is 2.37. The molecule has 83 heavy (non-hydrogen) atoms. The van der Waals surface area contributed by atoms with E-state index in [1.54, 1.807) is 0 Å². The van der Waals surface area contributed by atoms with E-state index >= 15 is 0 Å². The highest BCUT2D eigenvalue weighted by atomic mass is 15.2. The maximum atomic E-state index is 5.57. The number of fused-ring (bicyclic) bond motifs is 4. The topological polar surface area (TPSA) is 40.4 Å². The lowest BCUT2D eigenvalue weighted by Crippen LogP contribution is -2.18. The second kappa shape index (κ2) is 22.8. The zero-order valence-corrected chi connectivity index (χ0v) is 46.8. The van der Waals surface area contributed by atoms with Crippen molar-refractivity contribution in [3.05, 3.63) is 302 Å². The standard InChI is InChI=1S/C77H60N6/c1-5-8-53-80(72-39-23-15-27-55(72)25-6-2)56-41-43-60(44-42-56)82(57-28-11-9-12-29-57)74-51-49-68(63-32-16-18-35-66(63)74)76-77(79-71-38-22-21-37-70(71)78-76)69-50-52-75(67-36-19-17-33-64(67)69)83(58-30-13-10-14-31-58)61-47-45-59(46-48-61)81-54(4)62(26-7-3)65-34-20-24-40-73(65)81/h5-8,10-11,13-24,26-52H,2,25,53H2,1,3-4H3/b8-5-,26-7-. The summed E-state index contributed by atoms with van der Waals surface area (Å²) in [6, 6.07) is 92.7. The third-order valence-electron chi connectivity index (χ3n) is 15.7. The number of nitrogens with zero attached hydrogens (tertiary/aromatic N) is 6. The Morgan fingerprint density at radius 1 is 0.470 bits per heavy atom. The van der Waals surface area contributed by atoms with Gasteiger partial charge >= 0.3 is 0 Å². The van der Waals surface area contributed by atoms with Crippen molar-refractivity contribution in [1.82, 2.24) is 14.5 Å². The molecule has 398 valence electrons. The Balaban J connectivity index is 0.937. The van der Waals surface area contributed by atoms with E-state index in [0.717, 1.165) is 119 Å². The van der Waals surface area contributed by atoms with Gasteiger partial charge in [-0.3, -0.25) is 0 Å². The molecule has 2 heterocycles. The van der Waals surface area contributed by atoms with Gasteiger partial charge in [0.2, 0.25) is 0 Å². The molecular formula is C77H60N6. The van der Waals surface area contributed by atoms with Crippen molar-refractivity contribution in [3.63, 3.8) is 0 Å². The smallest absolute Gasteiger partial charge is 0.0979 e. The maximum Gasteiger partial charge on any atom is 0.0979 e. The molecule has 0 unspecified atom stereocenters. The van der Waals surface area contributed by atoms with Crippen LogP contribution in [-0.4, -0.2) is 21.1 Å². The predicted molar refractivity (Wildman–Crippen MR) is 351 cm³/mol. The van der Waals surface area contributed by atoms with E-state index in [9.17, 15) is 0 Å². The van der Waals surface area contributed by atoms with Crippen molar-refractivity contribution in [3.8, 4) is 28.2 Å². The molecule has 0 bridgehead atoms. The fourth-order valence-electron chi connectivity index (χ4n) is 11.9. The van der Waals surface area contributed by atoms with Gasteiger partial charge in [0.15, 0.2) is 0 Å². The summed E-state index contributed by atoms with van der Waals surface area (Å²) in [7, 11) is 0. The predicted octanol–water partition coefficient (Wildman–Crippen LogP) is 20.5. The van der Waals surface area contributed by atoms with E-state index in [1.807, 2.05) is 30.3 Å². The molecule has 13 aromatic rings. The van der Waals surface area contributed by atoms with Crippen LogP contribution in [0.2, 0.25) is 0 Å². The minimum atomic E-state index is 0.732. The summed E-state index contributed by atoms with van der Waals surface area (Å²) in [5, 5.41) is 5.52. The first-order chi connectivity index (χ1) is 41.0. The van der Waals surface area contributed by atoms with Gasteiger partial charge in [0, 0.05) is 85.3 Å². The molecule has 13 rings (SSSR count). The first-order valence-corrected chi connectivity index (χ1v) is 28.4. The van der Waals surface area contributed by atoms with Gasteiger partial charge < -0.3 is 19.3 Å². The van der Waals surface area contributed by atoms with Gasteiger partial charge in [-0.15, -0.1) is 6.58 Å². The van der Waals surface area contributed by atoms with Crippen molar-refractivity contribution in [2.75, 3.05) is 21.2 Å². The molecule has 11 aromatic carbocycles. The Kier molecular flexibility index (Phi) is 14.2. The van der Waals surface area contributed by atoms with Gasteiger partial charge in [0.25, 0.3) is 0 Å². The summed E-state index contributed by atoms with van der Waals surface area (Å²) in [6.45, 7) is 11.1. The van der Waals surface area contributed by atoms with Gasteiger partial charge in [-0.2, -0.15) is 0 Å². The lowest BCUT2D eigenvalue weighted by molar-refractivity contribution is 1.05. The number of benzene rings is 10. The van der Waals surface area contributed by atoms with Crippen LogP contribution in [0.1, 0.15) is 30.7 Å². The van der Waals surface area contributed by atoms with Gasteiger partial charge in [-0.1, -0.05) is 158 Å². The van der Waals surface area contributed by atoms with Crippen LogP contribution in [0.5, 0.6) is 0 Å². The van der Waals surface area contributed by atoms with Gasteiger partial charge in [-0.05, 0) is 165 Å². The molecular weight excluding hydrogens is 1010 g/mol. The van der Waals surface area contributed by atoms with E-state index in [4.69, 9.17) is 9.97 Å². The van der Waals surface area contributed by atoms with Crippen molar-refractivity contribution >= 4 is 95.1 Å². The second-order valence-corrected chi connectivity index (χ2v) is 20.6. The van der Waals surface area contributed by atoms with Crippen LogP contribution in [0.4, 0.5) is 45.5 Å². The van der Waals surface area contributed by atoms with Crippen LogP contribution in [0.25, 0.3) is 77.8 Å². The molecule has 0 fully saturated rings. The quantitative estimate of drug-likeness (QED) is 0.0902. The Labute approximate surface area is 486 Å². The molecule has 6 nitrogen and oxygen atoms in total. The molecule has 0 atom stereocenters.